The Kier molecular flexibility index (Phi) is 3.34. The zero-order valence-corrected chi connectivity index (χ0v) is 11.9. The Morgan fingerprint density at radius 3 is 2.94 bits per heavy atom. The van der Waals surface area contributed by atoms with Crippen molar-refractivity contribution in [2.45, 2.75) is 48.6 Å². The largest absolute Gasteiger partial charge is 0.338 e. The molecule has 0 spiro atoms. The molecule has 7 heteroatoms. The minimum Gasteiger partial charge on any atom is -0.338 e. The van der Waals surface area contributed by atoms with Crippen LogP contribution in [0.2, 0.25) is 0 Å². The topological polar surface area (TPSA) is 64.7 Å². The summed E-state index contributed by atoms with van der Waals surface area (Å²) in [6, 6.07) is 0. The molecule has 5 nitrogen and oxygen atoms in total. The van der Waals surface area contributed by atoms with Crippen molar-refractivity contribution in [3.05, 3.63) is 16.7 Å². The van der Waals surface area contributed by atoms with Gasteiger partial charge in [-0.2, -0.15) is 4.98 Å². The molecule has 0 bridgehead atoms. The van der Waals surface area contributed by atoms with Crippen LogP contribution >= 0.6 is 23.1 Å². The van der Waals surface area contributed by atoms with Gasteiger partial charge in [0.1, 0.15) is 5.01 Å². The first-order valence-electron chi connectivity index (χ1n) is 6.08. The number of thioether (sulfide) groups is 1. The molecule has 0 radical (unpaired) electrons. The lowest BCUT2D eigenvalue weighted by molar-refractivity contribution is 0.375. The summed E-state index contributed by atoms with van der Waals surface area (Å²) < 4.78 is 6.22. The molecule has 1 unspecified atom stereocenters. The molecule has 2 heterocycles. The molecular weight excluding hydrogens is 268 g/mol. The standard InChI is InChI=1S/C11H14N4OS2/c1-3-8-12-9(16-15-8)6(2)17-11-14-13-10(18-11)7-4-5-7/h6-7H,3-5H2,1-2H3. The van der Waals surface area contributed by atoms with Crippen LogP contribution in [0.1, 0.15) is 54.6 Å². The molecule has 1 aliphatic rings. The third kappa shape index (κ3) is 2.56. The summed E-state index contributed by atoms with van der Waals surface area (Å²) in [6.07, 6.45) is 3.32. The quantitative estimate of drug-likeness (QED) is 0.785. The van der Waals surface area contributed by atoms with Crippen molar-refractivity contribution < 1.29 is 4.52 Å². The van der Waals surface area contributed by atoms with Gasteiger partial charge < -0.3 is 4.52 Å². The molecule has 2 aromatic rings. The van der Waals surface area contributed by atoms with Gasteiger partial charge in [-0.1, -0.05) is 35.2 Å². The van der Waals surface area contributed by atoms with Gasteiger partial charge in [0.05, 0.1) is 5.25 Å². The molecule has 1 atom stereocenters. The molecule has 2 aromatic heterocycles. The van der Waals surface area contributed by atoms with E-state index in [0.717, 1.165) is 16.6 Å². The van der Waals surface area contributed by atoms with E-state index in [4.69, 9.17) is 4.52 Å². The number of hydrogen-bond acceptors (Lipinski definition) is 7. The SMILES string of the molecule is CCc1noc(C(C)Sc2nnc(C3CC3)s2)n1. The van der Waals surface area contributed by atoms with Crippen molar-refractivity contribution in [1.82, 2.24) is 20.3 Å². The first-order valence-corrected chi connectivity index (χ1v) is 7.78. The van der Waals surface area contributed by atoms with Crippen molar-refractivity contribution in [3.8, 4) is 0 Å². The summed E-state index contributed by atoms with van der Waals surface area (Å²) >= 11 is 3.33. The van der Waals surface area contributed by atoms with Gasteiger partial charge in [-0.3, -0.25) is 0 Å². The molecule has 0 aliphatic heterocycles. The summed E-state index contributed by atoms with van der Waals surface area (Å²) in [5.41, 5.74) is 0. The molecule has 0 amide bonds. The Bertz CT molecular complexity index is 535. The molecule has 0 N–H and O–H groups in total. The number of rotatable bonds is 5. The normalized spacial score (nSPS) is 17.0. The van der Waals surface area contributed by atoms with E-state index in [1.165, 1.54) is 17.8 Å². The molecule has 0 aromatic carbocycles. The van der Waals surface area contributed by atoms with E-state index in [2.05, 4.69) is 27.3 Å². The lowest BCUT2D eigenvalue weighted by Crippen LogP contribution is -1.89. The van der Waals surface area contributed by atoms with Crippen LogP contribution in [0.3, 0.4) is 0 Å². The van der Waals surface area contributed by atoms with E-state index in [0.29, 0.717) is 11.8 Å². The minimum atomic E-state index is 0.123. The fourth-order valence-electron chi connectivity index (χ4n) is 1.54. The first kappa shape index (κ1) is 12.1. The van der Waals surface area contributed by atoms with Gasteiger partial charge in [-0.05, 0) is 19.8 Å². The fraction of sp³-hybridized carbons (Fsp3) is 0.636. The number of aryl methyl sites for hydroxylation is 1. The molecule has 18 heavy (non-hydrogen) atoms. The van der Waals surface area contributed by atoms with Gasteiger partial charge in [0.15, 0.2) is 10.2 Å². The molecule has 1 fully saturated rings. The Morgan fingerprint density at radius 2 is 2.28 bits per heavy atom. The molecule has 1 saturated carbocycles. The monoisotopic (exact) mass is 282 g/mol. The highest BCUT2D eigenvalue weighted by molar-refractivity contribution is 8.01. The van der Waals surface area contributed by atoms with Crippen LogP contribution in [0.15, 0.2) is 8.86 Å². The Labute approximate surface area is 113 Å². The first-order chi connectivity index (χ1) is 8.76. The van der Waals surface area contributed by atoms with Gasteiger partial charge in [0, 0.05) is 12.3 Å². The van der Waals surface area contributed by atoms with E-state index >= 15 is 0 Å². The smallest absolute Gasteiger partial charge is 0.239 e. The lowest BCUT2D eigenvalue weighted by Gasteiger charge is -2.01. The highest BCUT2D eigenvalue weighted by Gasteiger charge is 2.28. The molecular formula is C11H14N4OS2. The lowest BCUT2D eigenvalue weighted by atomic mass is 10.4. The number of nitrogens with zero attached hydrogens (tertiary/aromatic N) is 4. The van der Waals surface area contributed by atoms with Crippen molar-refractivity contribution in [1.29, 1.82) is 0 Å². The summed E-state index contributed by atoms with van der Waals surface area (Å²) in [5.74, 6) is 2.09. The van der Waals surface area contributed by atoms with Crippen molar-refractivity contribution in [2.24, 2.45) is 0 Å². The maximum Gasteiger partial charge on any atom is 0.239 e. The maximum absolute atomic E-state index is 5.23. The van der Waals surface area contributed by atoms with Crippen LogP contribution in [-0.2, 0) is 6.42 Å². The highest BCUT2D eigenvalue weighted by Crippen LogP contribution is 2.44. The predicted octanol–water partition coefficient (Wildman–Crippen LogP) is 3.21. The van der Waals surface area contributed by atoms with Crippen LogP contribution in [0.25, 0.3) is 0 Å². The van der Waals surface area contributed by atoms with E-state index in [-0.39, 0.29) is 5.25 Å². The second kappa shape index (κ2) is 4.97. The third-order valence-corrected chi connectivity index (χ3v) is 5.03. The average Bonchev–Trinajstić information content (AvgIpc) is 2.93. The average molecular weight is 282 g/mol. The van der Waals surface area contributed by atoms with Gasteiger partial charge in [-0.15, -0.1) is 10.2 Å². The van der Waals surface area contributed by atoms with Crippen LogP contribution in [-0.4, -0.2) is 20.3 Å². The van der Waals surface area contributed by atoms with E-state index in [9.17, 15) is 0 Å². The van der Waals surface area contributed by atoms with Gasteiger partial charge in [-0.25, -0.2) is 0 Å². The number of aromatic nitrogens is 4. The summed E-state index contributed by atoms with van der Waals surface area (Å²) in [6.45, 7) is 4.06. The van der Waals surface area contributed by atoms with E-state index in [1.807, 2.05) is 6.92 Å². The predicted molar refractivity (Wildman–Crippen MR) is 69.8 cm³/mol. The molecule has 1 aliphatic carbocycles. The van der Waals surface area contributed by atoms with E-state index in [1.54, 1.807) is 23.1 Å². The molecule has 96 valence electrons. The zero-order valence-electron chi connectivity index (χ0n) is 10.3. The van der Waals surface area contributed by atoms with Gasteiger partial charge in [0.25, 0.3) is 0 Å². The summed E-state index contributed by atoms with van der Waals surface area (Å²) in [4.78, 5) is 4.34. The second-order valence-electron chi connectivity index (χ2n) is 4.34. The maximum atomic E-state index is 5.23. The fourth-order valence-corrected chi connectivity index (χ4v) is 3.75. The van der Waals surface area contributed by atoms with Gasteiger partial charge in [0.2, 0.25) is 5.89 Å². The van der Waals surface area contributed by atoms with Crippen LogP contribution in [0, 0.1) is 0 Å². The highest BCUT2D eigenvalue weighted by atomic mass is 32.2. The van der Waals surface area contributed by atoms with Crippen LogP contribution in [0.4, 0.5) is 0 Å². The van der Waals surface area contributed by atoms with Crippen molar-refractivity contribution >= 4 is 23.1 Å². The van der Waals surface area contributed by atoms with Gasteiger partial charge >= 0.3 is 0 Å². The van der Waals surface area contributed by atoms with Crippen LogP contribution < -0.4 is 0 Å². The second-order valence-corrected chi connectivity index (χ2v) is 6.94. The van der Waals surface area contributed by atoms with E-state index < -0.39 is 0 Å². The van der Waals surface area contributed by atoms with Crippen molar-refractivity contribution in [3.63, 3.8) is 0 Å². The summed E-state index contributed by atoms with van der Waals surface area (Å²) in [7, 11) is 0. The minimum absolute atomic E-state index is 0.123. The van der Waals surface area contributed by atoms with Crippen LogP contribution in [0.5, 0.6) is 0 Å². The Morgan fingerprint density at radius 1 is 1.44 bits per heavy atom. The zero-order chi connectivity index (χ0) is 12.5. The molecule has 0 saturated heterocycles. The van der Waals surface area contributed by atoms with Crippen molar-refractivity contribution in [2.75, 3.05) is 0 Å². The molecule has 3 rings (SSSR count). The third-order valence-electron chi connectivity index (χ3n) is 2.77. The number of hydrogen-bond donors (Lipinski definition) is 0. The Balaban J connectivity index is 1.66. The Hall–Kier alpha value is -0.950. The summed E-state index contributed by atoms with van der Waals surface area (Å²) in [5, 5.41) is 13.6.